The van der Waals surface area contributed by atoms with E-state index in [1.165, 1.54) is 37.8 Å². The lowest BCUT2D eigenvalue weighted by molar-refractivity contribution is -0.118. The highest BCUT2D eigenvalue weighted by molar-refractivity contribution is 6.76. The number of carbonyl (C=O) groups excluding carboxylic acids is 2. The number of hydrogen-bond donors (Lipinski definition) is 1. The summed E-state index contributed by atoms with van der Waals surface area (Å²) in [6.07, 6.45) is 12.4. The zero-order chi connectivity index (χ0) is 27.5. The minimum atomic E-state index is -1.19. The molecule has 0 aromatic carbocycles. The Morgan fingerprint density at radius 2 is 1.84 bits per heavy atom. The Bertz CT molecular complexity index is 835. The molecule has 0 unspecified atom stereocenters. The first-order valence-corrected chi connectivity index (χ1v) is 18.2. The van der Waals surface area contributed by atoms with Crippen LogP contribution in [0.4, 0.5) is 4.79 Å². The van der Waals surface area contributed by atoms with Crippen molar-refractivity contribution in [2.75, 3.05) is 6.61 Å². The lowest BCUT2D eigenvalue weighted by Crippen LogP contribution is -2.36. The molecule has 1 aliphatic carbocycles. The number of Topliss-reactive ketones (excluding diaryl/α,β-unsaturated/α-hetero) is 1. The van der Waals surface area contributed by atoms with Crippen molar-refractivity contribution in [3.63, 3.8) is 0 Å². The first kappa shape index (κ1) is 31.5. The van der Waals surface area contributed by atoms with Gasteiger partial charge in [-0.05, 0) is 52.5 Å². The average Bonchev–Trinajstić information content (AvgIpc) is 3.23. The lowest BCUT2D eigenvalue weighted by atomic mass is 9.87. The van der Waals surface area contributed by atoms with Gasteiger partial charge in [-0.15, -0.1) is 0 Å². The Balaban J connectivity index is 2.22. The van der Waals surface area contributed by atoms with E-state index in [1.54, 1.807) is 0 Å². The molecule has 0 bridgehead atoms. The third-order valence-corrected chi connectivity index (χ3v) is 8.71. The summed E-state index contributed by atoms with van der Waals surface area (Å²) in [6.45, 7) is 15.8. The van der Waals surface area contributed by atoms with Crippen molar-refractivity contribution in [3.05, 3.63) is 17.7 Å². The number of carbonyl (C=O) groups is 2. The summed E-state index contributed by atoms with van der Waals surface area (Å²) in [4.78, 5) is 29.4. The standard InChI is InChI=1S/C29H53N3O4Si/c1-8-24(33)17-13-10-14-18-25(31-28(34)36-29(2,3)4)27-30-21-26(23-15-11-9-12-16-23)32(27)22-35-19-20-37(5,6)7/h21,23,25H,8-20,22H2,1-7H3,(H,31,34)/t25-/m0/s1. The van der Waals surface area contributed by atoms with Gasteiger partial charge in [0.2, 0.25) is 0 Å². The van der Waals surface area contributed by atoms with Crippen LogP contribution < -0.4 is 5.32 Å². The Hall–Kier alpha value is -1.67. The number of nitrogens with one attached hydrogen (secondary N) is 1. The van der Waals surface area contributed by atoms with E-state index in [4.69, 9.17) is 14.5 Å². The van der Waals surface area contributed by atoms with Crippen molar-refractivity contribution in [1.29, 1.82) is 0 Å². The molecule has 1 aromatic heterocycles. The average molecular weight is 536 g/mol. The maximum absolute atomic E-state index is 12.8. The van der Waals surface area contributed by atoms with Gasteiger partial charge in [0.05, 0.1) is 6.04 Å². The fourth-order valence-corrected chi connectivity index (χ4v) is 5.58. The van der Waals surface area contributed by atoms with Gasteiger partial charge >= 0.3 is 6.09 Å². The molecule has 212 valence electrons. The Labute approximate surface area is 226 Å². The van der Waals surface area contributed by atoms with Gasteiger partial charge in [-0.3, -0.25) is 4.79 Å². The van der Waals surface area contributed by atoms with Crippen LogP contribution in [-0.2, 0) is 21.0 Å². The van der Waals surface area contributed by atoms with Gasteiger partial charge in [-0.2, -0.15) is 0 Å². The molecule has 0 spiro atoms. The summed E-state index contributed by atoms with van der Waals surface area (Å²) in [5, 5.41) is 3.11. The van der Waals surface area contributed by atoms with Gasteiger partial charge in [0.1, 0.15) is 23.9 Å². The van der Waals surface area contributed by atoms with E-state index in [9.17, 15) is 9.59 Å². The summed E-state index contributed by atoms with van der Waals surface area (Å²) >= 11 is 0. The molecule has 1 heterocycles. The molecule has 8 heteroatoms. The van der Waals surface area contributed by atoms with Gasteiger partial charge in [-0.25, -0.2) is 9.78 Å². The molecule has 1 N–H and O–H groups in total. The second-order valence-corrected chi connectivity index (χ2v) is 18.5. The molecule has 1 amide bonds. The third kappa shape index (κ3) is 12.2. The van der Waals surface area contributed by atoms with Crippen molar-refractivity contribution in [2.45, 2.75) is 148 Å². The molecule has 0 saturated heterocycles. The molecule has 1 fully saturated rings. The second kappa shape index (κ2) is 15.1. The highest BCUT2D eigenvalue weighted by atomic mass is 28.3. The molecule has 1 aromatic rings. The van der Waals surface area contributed by atoms with Crippen LogP contribution in [0.25, 0.3) is 0 Å². The van der Waals surface area contributed by atoms with Crippen LogP contribution >= 0.6 is 0 Å². The molecule has 37 heavy (non-hydrogen) atoms. The Kier molecular flexibility index (Phi) is 12.8. The van der Waals surface area contributed by atoms with Crippen molar-refractivity contribution in [1.82, 2.24) is 14.9 Å². The van der Waals surface area contributed by atoms with Gasteiger partial charge in [0.25, 0.3) is 0 Å². The number of aromatic nitrogens is 2. The number of unbranched alkanes of at least 4 members (excludes halogenated alkanes) is 2. The van der Waals surface area contributed by atoms with Crippen LogP contribution in [0.15, 0.2) is 6.20 Å². The minimum absolute atomic E-state index is 0.269. The SMILES string of the molecule is CCC(=O)CCCCC[C@H](NC(=O)OC(C)(C)C)c1ncc(C2CCCCC2)n1COCC[Si](C)(C)C. The van der Waals surface area contributed by atoms with Crippen molar-refractivity contribution < 1.29 is 19.1 Å². The topological polar surface area (TPSA) is 82.5 Å². The summed E-state index contributed by atoms with van der Waals surface area (Å²) in [6, 6.07) is 0.848. The van der Waals surface area contributed by atoms with Crippen LogP contribution in [0.5, 0.6) is 0 Å². The van der Waals surface area contributed by atoms with Crippen molar-refractivity contribution >= 4 is 20.0 Å². The summed E-state index contributed by atoms with van der Waals surface area (Å²) in [7, 11) is -1.19. The largest absolute Gasteiger partial charge is 0.444 e. The lowest BCUT2D eigenvalue weighted by Gasteiger charge is -2.27. The summed E-state index contributed by atoms with van der Waals surface area (Å²) in [5.74, 6) is 1.65. The van der Waals surface area contributed by atoms with E-state index in [1.807, 2.05) is 33.9 Å². The van der Waals surface area contributed by atoms with Gasteiger partial charge in [0.15, 0.2) is 0 Å². The predicted molar refractivity (Wildman–Crippen MR) is 153 cm³/mol. The molecule has 2 rings (SSSR count). The number of ether oxygens (including phenoxy) is 2. The fourth-order valence-electron chi connectivity index (χ4n) is 4.82. The van der Waals surface area contributed by atoms with Crippen molar-refractivity contribution in [3.8, 4) is 0 Å². The zero-order valence-electron chi connectivity index (χ0n) is 24.7. The van der Waals surface area contributed by atoms with Crippen molar-refractivity contribution in [2.24, 2.45) is 0 Å². The minimum Gasteiger partial charge on any atom is -0.444 e. The van der Waals surface area contributed by atoms with Crippen LogP contribution in [-0.4, -0.2) is 41.7 Å². The first-order valence-electron chi connectivity index (χ1n) is 14.5. The molecular weight excluding hydrogens is 482 g/mol. The van der Waals surface area contributed by atoms with Gasteiger partial charge in [0, 0.05) is 45.3 Å². The van der Waals surface area contributed by atoms with Crippen LogP contribution in [0.2, 0.25) is 25.7 Å². The van der Waals surface area contributed by atoms with Crippen LogP contribution in [0.1, 0.15) is 122 Å². The summed E-state index contributed by atoms with van der Waals surface area (Å²) < 4.78 is 14.0. The Morgan fingerprint density at radius 3 is 2.46 bits per heavy atom. The number of imidazole rings is 1. The predicted octanol–water partition coefficient (Wildman–Crippen LogP) is 7.74. The van der Waals surface area contributed by atoms with E-state index in [0.29, 0.717) is 31.3 Å². The monoisotopic (exact) mass is 535 g/mol. The molecule has 0 radical (unpaired) electrons. The van der Waals surface area contributed by atoms with E-state index < -0.39 is 19.8 Å². The zero-order valence-corrected chi connectivity index (χ0v) is 25.7. The molecule has 7 nitrogen and oxygen atoms in total. The third-order valence-electron chi connectivity index (χ3n) is 7.00. The number of nitrogens with zero attached hydrogens (tertiary/aromatic N) is 2. The Morgan fingerprint density at radius 1 is 1.14 bits per heavy atom. The normalized spacial score (nSPS) is 16.0. The summed E-state index contributed by atoms with van der Waals surface area (Å²) in [5.41, 5.74) is 0.657. The van der Waals surface area contributed by atoms with Gasteiger partial charge < -0.3 is 19.4 Å². The quantitative estimate of drug-likeness (QED) is 0.183. The molecule has 1 aliphatic rings. The van der Waals surface area contributed by atoms with Crippen LogP contribution in [0.3, 0.4) is 0 Å². The molecule has 1 atom stereocenters. The number of amides is 1. The van der Waals surface area contributed by atoms with E-state index >= 15 is 0 Å². The fraction of sp³-hybridized carbons (Fsp3) is 0.828. The second-order valence-electron chi connectivity index (χ2n) is 12.8. The smallest absolute Gasteiger partial charge is 0.408 e. The number of hydrogen-bond acceptors (Lipinski definition) is 5. The number of alkyl carbamates (subject to hydrolysis) is 1. The highest BCUT2D eigenvalue weighted by Gasteiger charge is 2.28. The van der Waals surface area contributed by atoms with E-state index in [2.05, 4.69) is 29.5 Å². The van der Waals surface area contributed by atoms with Crippen LogP contribution in [0, 0.1) is 0 Å². The molecular formula is C29H53N3O4Si. The maximum Gasteiger partial charge on any atom is 0.408 e. The molecule has 0 aliphatic heterocycles. The highest BCUT2D eigenvalue weighted by Crippen LogP contribution is 2.34. The van der Waals surface area contributed by atoms with E-state index in [-0.39, 0.29) is 6.04 Å². The van der Waals surface area contributed by atoms with E-state index in [0.717, 1.165) is 44.2 Å². The first-order chi connectivity index (χ1) is 17.4. The molecule has 1 saturated carbocycles. The van der Waals surface area contributed by atoms with Gasteiger partial charge in [-0.1, -0.05) is 58.7 Å². The maximum atomic E-state index is 12.8. The number of ketones is 1. The number of rotatable bonds is 15.